The van der Waals surface area contributed by atoms with Crippen LogP contribution in [0, 0.1) is 11.7 Å². The summed E-state index contributed by atoms with van der Waals surface area (Å²) >= 11 is 0. The van der Waals surface area contributed by atoms with Crippen molar-refractivity contribution in [1.29, 1.82) is 0 Å². The molecule has 0 saturated heterocycles. The second-order valence-corrected chi connectivity index (χ2v) is 9.94. The molecule has 0 radical (unpaired) electrons. The molecule has 1 fully saturated rings. The monoisotopic (exact) mass is 517 g/mol. The Bertz CT molecular complexity index is 1830. The highest BCUT2D eigenvalue weighted by Crippen LogP contribution is 2.33. The van der Waals surface area contributed by atoms with Crippen molar-refractivity contribution in [2.24, 2.45) is 5.92 Å². The maximum absolute atomic E-state index is 13.5. The zero-order valence-corrected chi connectivity index (χ0v) is 20.9. The van der Waals surface area contributed by atoms with E-state index in [0.717, 1.165) is 69.9 Å². The van der Waals surface area contributed by atoms with E-state index in [4.69, 9.17) is 4.98 Å². The van der Waals surface area contributed by atoms with Gasteiger partial charge in [0.05, 0.1) is 34.6 Å². The molecule has 192 valence electrons. The van der Waals surface area contributed by atoms with Crippen LogP contribution in [-0.2, 0) is 4.79 Å². The van der Waals surface area contributed by atoms with E-state index in [9.17, 15) is 9.18 Å². The van der Waals surface area contributed by atoms with Crippen molar-refractivity contribution in [3.8, 4) is 33.8 Å². The Kier molecular flexibility index (Phi) is 5.61. The second-order valence-electron chi connectivity index (χ2n) is 9.94. The first-order chi connectivity index (χ1) is 19.1. The van der Waals surface area contributed by atoms with Crippen molar-refractivity contribution in [3.63, 3.8) is 0 Å². The molecule has 0 atom stereocenters. The van der Waals surface area contributed by atoms with Gasteiger partial charge in [0, 0.05) is 34.8 Å². The SMILES string of the molecule is O=C(Nc1cncc(-c2ccc3[nH]nc(-c4nc5c(-c6ccc(F)cc6)cncc5[nH]4)c3c2)c1)C1CCCC1. The molecule has 0 bridgehead atoms. The Hall–Kier alpha value is -4.92. The quantitative estimate of drug-likeness (QED) is 0.242. The molecule has 7 rings (SSSR count). The van der Waals surface area contributed by atoms with Gasteiger partial charge in [-0.15, -0.1) is 0 Å². The van der Waals surface area contributed by atoms with Crippen LogP contribution in [0.25, 0.3) is 55.7 Å². The maximum Gasteiger partial charge on any atom is 0.227 e. The summed E-state index contributed by atoms with van der Waals surface area (Å²) in [6, 6.07) is 14.2. The Labute approximate surface area is 222 Å². The first-order valence-corrected chi connectivity index (χ1v) is 13.0. The highest BCUT2D eigenvalue weighted by molar-refractivity contribution is 5.98. The molecule has 0 spiro atoms. The number of halogens is 1. The molecule has 1 amide bonds. The summed E-state index contributed by atoms with van der Waals surface area (Å²) in [4.78, 5) is 29.5. The highest BCUT2D eigenvalue weighted by atomic mass is 19.1. The molecule has 2 aromatic carbocycles. The number of hydrogen-bond donors (Lipinski definition) is 3. The fourth-order valence-corrected chi connectivity index (χ4v) is 5.36. The van der Waals surface area contributed by atoms with Crippen molar-refractivity contribution >= 4 is 33.5 Å². The number of aromatic nitrogens is 6. The number of amides is 1. The summed E-state index contributed by atoms with van der Waals surface area (Å²) in [7, 11) is 0. The van der Waals surface area contributed by atoms with Crippen LogP contribution in [-0.4, -0.2) is 36.0 Å². The van der Waals surface area contributed by atoms with E-state index in [1.165, 1.54) is 12.1 Å². The van der Waals surface area contributed by atoms with Crippen molar-refractivity contribution in [1.82, 2.24) is 30.1 Å². The molecule has 1 aliphatic carbocycles. The van der Waals surface area contributed by atoms with Crippen molar-refractivity contribution in [2.75, 3.05) is 5.32 Å². The maximum atomic E-state index is 13.5. The average Bonchev–Trinajstić information content (AvgIpc) is 3.73. The number of carbonyl (C=O) groups excluding carboxylic acids is 1. The number of nitrogens with one attached hydrogen (secondary N) is 3. The van der Waals surface area contributed by atoms with Gasteiger partial charge in [0.2, 0.25) is 5.91 Å². The summed E-state index contributed by atoms with van der Waals surface area (Å²) in [5.41, 5.74) is 7.18. The molecule has 0 aliphatic heterocycles. The topological polar surface area (TPSA) is 112 Å². The number of hydrogen-bond acceptors (Lipinski definition) is 5. The summed E-state index contributed by atoms with van der Waals surface area (Å²) < 4.78 is 13.5. The number of pyridine rings is 2. The normalized spacial score (nSPS) is 13.9. The first-order valence-electron chi connectivity index (χ1n) is 13.0. The third kappa shape index (κ3) is 4.31. The first kappa shape index (κ1) is 23.2. The third-order valence-corrected chi connectivity index (χ3v) is 7.40. The molecule has 8 nitrogen and oxygen atoms in total. The molecule has 39 heavy (non-hydrogen) atoms. The molecule has 4 aromatic heterocycles. The molecule has 9 heteroatoms. The van der Waals surface area contributed by atoms with Crippen LogP contribution < -0.4 is 5.32 Å². The van der Waals surface area contributed by atoms with E-state index < -0.39 is 0 Å². The van der Waals surface area contributed by atoms with Gasteiger partial charge in [0.1, 0.15) is 11.5 Å². The van der Waals surface area contributed by atoms with Gasteiger partial charge in [-0.1, -0.05) is 31.0 Å². The van der Waals surface area contributed by atoms with E-state index in [1.54, 1.807) is 36.9 Å². The molecule has 4 heterocycles. The zero-order valence-electron chi connectivity index (χ0n) is 20.9. The molecular formula is C30H24FN7O. The lowest BCUT2D eigenvalue weighted by Crippen LogP contribution is -2.20. The number of nitrogens with zero attached hydrogens (tertiary/aromatic N) is 4. The minimum absolute atomic E-state index is 0.0680. The van der Waals surface area contributed by atoms with Gasteiger partial charge in [0.25, 0.3) is 0 Å². The lowest BCUT2D eigenvalue weighted by atomic mass is 10.0. The number of H-pyrrole nitrogens is 2. The number of benzene rings is 2. The van der Waals surface area contributed by atoms with Crippen molar-refractivity contribution in [3.05, 3.63) is 79.1 Å². The lowest BCUT2D eigenvalue weighted by molar-refractivity contribution is -0.119. The van der Waals surface area contributed by atoms with Crippen LogP contribution in [0.15, 0.2) is 73.3 Å². The lowest BCUT2D eigenvalue weighted by Gasteiger charge is -2.11. The van der Waals surface area contributed by atoms with Gasteiger partial charge in [0.15, 0.2) is 5.82 Å². The fraction of sp³-hybridized carbons (Fsp3) is 0.167. The van der Waals surface area contributed by atoms with Crippen LogP contribution in [0.2, 0.25) is 0 Å². The third-order valence-electron chi connectivity index (χ3n) is 7.40. The van der Waals surface area contributed by atoms with E-state index >= 15 is 0 Å². The van der Waals surface area contributed by atoms with Crippen LogP contribution in [0.5, 0.6) is 0 Å². The summed E-state index contributed by atoms with van der Waals surface area (Å²) in [6.07, 6.45) is 11.0. The number of carbonyl (C=O) groups is 1. The minimum Gasteiger partial charge on any atom is -0.335 e. The molecule has 0 unspecified atom stereocenters. The molecule has 3 N–H and O–H groups in total. The smallest absolute Gasteiger partial charge is 0.227 e. The predicted octanol–water partition coefficient (Wildman–Crippen LogP) is 6.50. The average molecular weight is 518 g/mol. The second kappa shape index (κ2) is 9.43. The van der Waals surface area contributed by atoms with Crippen LogP contribution in [0.3, 0.4) is 0 Å². The van der Waals surface area contributed by atoms with Gasteiger partial charge in [-0.05, 0) is 54.3 Å². The van der Waals surface area contributed by atoms with Gasteiger partial charge in [-0.25, -0.2) is 9.37 Å². The molecular weight excluding hydrogens is 493 g/mol. The number of imidazole rings is 1. The zero-order chi connectivity index (χ0) is 26.3. The Morgan fingerprint density at radius 1 is 0.872 bits per heavy atom. The highest BCUT2D eigenvalue weighted by Gasteiger charge is 2.23. The van der Waals surface area contributed by atoms with E-state index in [1.807, 2.05) is 24.3 Å². The Balaban J connectivity index is 1.24. The van der Waals surface area contributed by atoms with Crippen LogP contribution in [0.1, 0.15) is 25.7 Å². The van der Waals surface area contributed by atoms with Gasteiger partial charge in [-0.2, -0.15) is 5.10 Å². The molecule has 1 aliphatic rings. The van der Waals surface area contributed by atoms with E-state index in [-0.39, 0.29) is 17.6 Å². The van der Waals surface area contributed by atoms with Crippen LogP contribution >= 0.6 is 0 Å². The largest absolute Gasteiger partial charge is 0.335 e. The molecule has 1 saturated carbocycles. The van der Waals surface area contributed by atoms with Gasteiger partial charge < -0.3 is 10.3 Å². The van der Waals surface area contributed by atoms with E-state index in [2.05, 4.69) is 30.5 Å². The van der Waals surface area contributed by atoms with Crippen molar-refractivity contribution < 1.29 is 9.18 Å². The van der Waals surface area contributed by atoms with Gasteiger partial charge in [-0.3, -0.25) is 19.9 Å². The number of aromatic amines is 2. The minimum atomic E-state index is -0.294. The van der Waals surface area contributed by atoms with E-state index in [0.29, 0.717) is 17.2 Å². The number of rotatable bonds is 5. The standard InChI is InChI=1S/C30H24FN7O/c31-21-8-5-17(6-9-21)24-15-33-16-26-27(24)36-29(35-26)28-23-12-19(7-10-25(23)37-38-28)20-11-22(14-32-13-20)34-30(39)18-3-1-2-4-18/h5-16,18H,1-4H2,(H,34,39)(H,35,36)(H,37,38). The Morgan fingerprint density at radius 2 is 1.67 bits per heavy atom. The summed E-state index contributed by atoms with van der Waals surface area (Å²) in [6.45, 7) is 0. The van der Waals surface area contributed by atoms with Gasteiger partial charge >= 0.3 is 0 Å². The fourth-order valence-electron chi connectivity index (χ4n) is 5.36. The summed E-state index contributed by atoms with van der Waals surface area (Å²) in [5.74, 6) is 0.456. The number of anilines is 1. The summed E-state index contributed by atoms with van der Waals surface area (Å²) in [5, 5.41) is 11.6. The number of fused-ring (bicyclic) bond motifs is 2. The Morgan fingerprint density at radius 3 is 2.51 bits per heavy atom. The predicted molar refractivity (Wildman–Crippen MR) is 148 cm³/mol. The van der Waals surface area contributed by atoms with Crippen molar-refractivity contribution in [2.45, 2.75) is 25.7 Å². The molecule has 6 aromatic rings. The van der Waals surface area contributed by atoms with Crippen LogP contribution in [0.4, 0.5) is 10.1 Å².